The second-order valence-corrected chi connectivity index (χ2v) is 6.31. The molecule has 25 heavy (non-hydrogen) atoms. The summed E-state index contributed by atoms with van der Waals surface area (Å²) in [5.74, 6) is 1.54. The number of carbonyl (C=O) groups excluding carboxylic acids is 1. The summed E-state index contributed by atoms with van der Waals surface area (Å²) in [5.41, 5.74) is 1.53. The normalized spacial score (nSPS) is 14.3. The van der Waals surface area contributed by atoms with E-state index < -0.39 is 0 Å². The first-order chi connectivity index (χ1) is 12.3. The molecule has 1 fully saturated rings. The van der Waals surface area contributed by atoms with Gasteiger partial charge >= 0.3 is 0 Å². The second kappa shape index (κ2) is 8.56. The topological polar surface area (TPSA) is 47.6 Å². The molecule has 0 unspecified atom stereocenters. The van der Waals surface area contributed by atoms with Crippen molar-refractivity contribution >= 4 is 5.91 Å². The van der Waals surface area contributed by atoms with Crippen LogP contribution in [0.15, 0.2) is 48.5 Å². The predicted octanol–water partition coefficient (Wildman–Crippen LogP) is 4.34. The van der Waals surface area contributed by atoms with E-state index >= 15 is 0 Å². The third-order valence-corrected chi connectivity index (χ3v) is 4.45. The van der Waals surface area contributed by atoms with E-state index in [1.807, 2.05) is 55.5 Å². The van der Waals surface area contributed by atoms with Gasteiger partial charge in [-0.05, 0) is 50.1 Å². The number of hydrogen-bond donors (Lipinski definition) is 1. The van der Waals surface area contributed by atoms with Gasteiger partial charge in [0.2, 0.25) is 0 Å². The van der Waals surface area contributed by atoms with Crippen molar-refractivity contribution in [3.8, 4) is 11.5 Å². The molecule has 1 N–H and O–H groups in total. The zero-order valence-corrected chi connectivity index (χ0v) is 14.7. The summed E-state index contributed by atoms with van der Waals surface area (Å²) >= 11 is 0. The highest BCUT2D eigenvalue weighted by atomic mass is 16.5. The van der Waals surface area contributed by atoms with Gasteiger partial charge in [0.15, 0.2) is 0 Å². The highest BCUT2D eigenvalue weighted by Gasteiger charge is 2.19. The first kappa shape index (κ1) is 17.3. The van der Waals surface area contributed by atoms with Gasteiger partial charge < -0.3 is 14.8 Å². The van der Waals surface area contributed by atoms with Gasteiger partial charge in [0.1, 0.15) is 18.1 Å². The van der Waals surface area contributed by atoms with Crippen LogP contribution in [0.2, 0.25) is 0 Å². The fraction of sp³-hybridized carbons (Fsp3) is 0.381. The van der Waals surface area contributed by atoms with Crippen molar-refractivity contribution in [2.75, 3.05) is 6.61 Å². The Balaban J connectivity index is 1.72. The summed E-state index contributed by atoms with van der Waals surface area (Å²) in [6, 6.07) is 15.5. The van der Waals surface area contributed by atoms with Crippen molar-refractivity contribution in [3.63, 3.8) is 0 Å². The molecule has 132 valence electrons. The minimum absolute atomic E-state index is 0.0177. The maximum absolute atomic E-state index is 12.5. The van der Waals surface area contributed by atoms with E-state index in [0.29, 0.717) is 24.8 Å². The molecule has 0 heterocycles. The van der Waals surface area contributed by atoms with Gasteiger partial charge in [-0.3, -0.25) is 4.79 Å². The van der Waals surface area contributed by atoms with Crippen LogP contribution in [0.5, 0.6) is 11.5 Å². The number of amides is 1. The van der Waals surface area contributed by atoms with Gasteiger partial charge in [-0.15, -0.1) is 0 Å². The number of benzene rings is 2. The molecule has 2 aromatic rings. The maximum atomic E-state index is 12.5. The quantitative estimate of drug-likeness (QED) is 0.816. The standard InChI is InChI=1S/C21H25NO3/c1-2-24-20-13-12-16(21(23)22-18-8-6-7-9-18)14-17(20)15-25-19-10-4-3-5-11-19/h3-5,10-14,18H,2,6-9,15H2,1H3,(H,22,23). The Kier molecular flexibility index (Phi) is 5.94. The van der Waals surface area contributed by atoms with Gasteiger partial charge in [0.05, 0.1) is 6.61 Å². The number of rotatable bonds is 7. The van der Waals surface area contributed by atoms with Crippen LogP contribution >= 0.6 is 0 Å². The second-order valence-electron chi connectivity index (χ2n) is 6.31. The van der Waals surface area contributed by atoms with Gasteiger partial charge in [-0.2, -0.15) is 0 Å². The summed E-state index contributed by atoms with van der Waals surface area (Å²) in [5, 5.41) is 3.13. The van der Waals surface area contributed by atoms with Crippen molar-refractivity contribution in [3.05, 3.63) is 59.7 Å². The molecule has 0 aliphatic heterocycles. The third kappa shape index (κ3) is 4.75. The lowest BCUT2D eigenvalue weighted by molar-refractivity contribution is 0.0937. The Morgan fingerprint density at radius 2 is 1.84 bits per heavy atom. The lowest BCUT2D eigenvalue weighted by atomic mass is 10.1. The largest absolute Gasteiger partial charge is 0.493 e. The molecule has 0 bridgehead atoms. The number of hydrogen-bond acceptors (Lipinski definition) is 3. The lowest BCUT2D eigenvalue weighted by Gasteiger charge is -2.15. The van der Waals surface area contributed by atoms with E-state index in [4.69, 9.17) is 9.47 Å². The Morgan fingerprint density at radius 1 is 1.08 bits per heavy atom. The molecule has 0 spiro atoms. The van der Waals surface area contributed by atoms with Crippen molar-refractivity contribution in [2.24, 2.45) is 0 Å². The van der Waals surface area contributed by atoms with E-state index in [2.05, 4.69) is 5.32 Å². The van der Waals surface area contributed by atoms with Gasteiger partial charge in [0, 0.05) is 17.2 Å². The van der Waals surface area contributed by atoms with Gasteiger partial charge in [-0.1, -0.05) is 31.0 Å². The molecule has 2 aromatic carbocycles. The first-order valence-electron chi connectivity index (χ1n) is 9.00. The smallest absolute Gasteiger partial charge is 0.251 e. The summed E-state index contributed by atoms with van der Waals surface area (Å²) in [6.07, 6.45) is 4.55. The van der Waals surface area contributed by atoms with Crippen LogP contribution in [0.4, 0.5) is 0 Å². The Morgan fingerprint density at radius 3 is 2.56 bits per heavy atom. The Labute approximate surface area is 149 Å². The van der Waals surface area contributed by atoms with Gasteiger partial charge in [0.25, 0.3) is 5.91 Å². The minimum atomic E-state index is -0.0177. The number of nitrogens with one attached hydrogen (secondary N) is 1. The Hall–Kier alpha value is -2.49. The summed E-state index contributed by atoms with van der Waals surface area (Å²) in [4.78, 5) is 12.5. The zero-order valence-electron chi connectivity index (χ0n) is 14.7. The predicted molar refractivity (Wildman–Crippen MR) is 98.1 cm³/mol. The molecule has 0 radical (unpaired) electrons. The van der Waals surface area contributed by atoms with E-state index in [0.717, 1.165) is 29.9 Å². The van der Waals surface area contributed by atoms with Gasteiger partial charge in [-0.25, -0.2) is 0 Å². The van der Waals surface area contributed by atoms with E-state index in [9.17, 15) is 4.79 Å². The third-order valence-electron chi connectivity index (χ3n) is 4.45. The van der Waals surface area contributed by atoms with Crippen molar-refractivity contribution in [1.82, 2.24) is 5.32 Å². The summed E-state index contributed by atoms with van der Waals surface area (Å²) in [6.45, 7) is 2.89. The van der Waals surface area contributed by atoms with Crippen LogP contribution in [0.25, 0.3) is 0 Å². The number of para-hydroxylation sites is 1. The molecule has 0 aromatic heterocycles. The van der Waals surface area contributed by atoms with Crippen LogP contribution in [0.1, 0.15) is 48.5 Å². The van der Waals surface area contributed by atoms with Crippen LogP contribution in [0, 0.1) is 0 Å². The SMILES string of the molecule is CCOc1ccc(C(=O)NC2CCCC2)cc1COc1ccccc1. The van der Waals surface area contributed by atoms with E-state index in [1.165, 1.54) is 12.8 Å². The molecule has 1 aliphatic rings. The molecular formula is C21H25NO3. The first-order valence-corrected chi connectivity index (χ1v) is 9.00. The molecule has 4 heteroatoms. The van der Waals surface area contributed by atoms with Crippen molar-refractivity contribution < 1.29 is 14.3 Å². The molecule has 0 atom stereocenters. The highest BCUT2D eigenvalue weighted by Crippen LogP contribution is 2.24. The number of ether oxygens (including phenoxy) is 2. The molecule has 3 rings (SSSR count). The zero-order chi connectivity index (χ0) is 17.5. The average Bonchev–Trinajstić information content (AvgIpc) is 3.15. The summed E-state index contributed by atoms with van der Waals surface area (Å²) < 4.78 is 11.5. The lowest BCUT2D eigenvalue weighted by Crippen LogP contribution is -2.32. The molecule has 4 nitrogen and oxygen atoms in total. The van der Waals surface area contributed by atoms with Crippen molar-refractivity contribution in [1.29, 1.82) is 0 Å². The molecule has 1 amide bonds. The summed E-state index contributed by atoms with van der Waals surface area (Å²) in [7, 11) is 0. The molecular weight excluding hydrogens is 314 g/mol. The average molecular weight is 339 g/mol. The van der Waals surface area contributed by atoms with Crippen LogP contribution in [0.3, 0.4) is 0 Å². The molecule has 0 saturated heterocycles. The molecule has 1 aliphatic carbocycles. The monoisotopic (exact) mass is 339 g/mol. The van der Waals surface area contributed by atoms with Crippen molar-refractivity contribution in [2.45, 2.75) is 45.3 Å². The molecule has 1 saturated carbocycles. The maximum Gasteiger partial charge on any atom is 0.251 e. The van der Waals surface area contributed by atoms with Crippen LogP contribution in [-0.2, 0) is 6.61 Å². The fourth-order valence-corrected chi connectivity index (χ4v) is 3.15. The minimum Gasteiger partial charge on any atom is -0.493 e. The fourth-order valence-electron chi connectivity index (χ4n) is 3.15. The van der Waals surface area contributed by atoms with Crippen LogP contribution in [-0.4, -0.2) is 18.6 Å². The van der Waals surface area contributed by atoms with E-state index in [1.54, 1.807) is 0 Å². The highest BCUT2D eigenvalue weighted by molar-refractivity contribution is 5.94. The van der Waals surface area contributed by atoms with Crippen LogP contribution < -0.4 is 14.8 Å². The van der Waals surface area contributed by atoms with E-state index in [-0.39, 0.29) is 5.91 Å². The Bertz CT molecular complexity index is 694. The number of carbonyl (C=O) groups is 1.